The monoisotopic (exact) mass is 219 g/mol. The van der Waals surface area contributed by atoms with Gasteiger partial charge in [0.25, 0.3) is 0 Å². The molecule has 0 radical (unpaired) electrons. The maximum absolute atomic E-state index is 10.7. The summed E-state index contributed by atoms with van der Waals surface area (Å²) in [6.45, 7) is 4.27. The van der Waals surface area contributed by atoms with Gasteiger partial charge in [0.2, 0.25) is 0 Å². The minimum atomic E-state index is -0.767. The van der Waals surface area contributed by atoms with Crippen LogP contribution in [-0.2, 0) is 11.2 Å². The molecule has 1 aliphatic rings. The van der Waals surface area contributed by atoms with E-state index in [-0.39, 0.29) is 6.42 Å². The SMILES string of the molecule is Cc1ccc(CC(=O)O)cc1N1CCCC1. The number of hydrogen-bond donors (Lipinski definition) is 1. The lowest BCUT2D eigenvalue weighted by Crippen LogP contribution is -2.19. The number of carboxylic acids is 1. The maximum Gasteiger partial charge on any atom is 0.307 e. The highest BCUT2D eigenvalue weighted by Gasteiger charge is 2.15. The largest absolute Gasteiger partial charge is 0.481 e. The van der Waals surface area contributed by atoms with Gasteiger partial charge in [-0.25, -0.2) is 0 Å². The molecule has 0 amide bonds. The Bertz CT molecular complexity index is 395. The lowest BCUT2D eigenvalue weighted by Gasteiger charge is -2.20. The Balaban J connectivity index is 2.24. The Morgan fingerprint density at radius 3 is 2.69 bits per heavy atom. The third-order valence-electron chi connectivity index (χ3n) is 3.08. The number of carboxylic acid groups (broad SMARTS) is 1. The number of rotatable bonds is 3. The average molecular weight is 219 g/mol. The smallest absolute Gasteiger partial charge is 0.307 e. The van der Waals surface area contributed by atoms with Crippen LogP contribution in [0.1, 0.15) is 24.0 Å². The summed E-state index contributed by atoms with van der Waals surface area (Å²) in [5.41, 5.74) is 3.33. The van der Waals surface area contributed by atoms with E-state index < -0.39 is 5.97 Å². The molecule has 0 bridgehead atoms. The number of hydrogen-bond acceptors (Lipinski definition) is 2. The highest BCUT2D eigenvalue weighted by atomic mass is 16.4. The molecule has 86 valence electrons. The van der Waals surface area contributed by atoms with Crippen LogP contribution in [0.3, 0.4) is 0 Å². The van der Waals surface area contributed by atoms with Gasteiger partial charge in [-0.15, -0.1) is 0 Å². The fourth-order valence-electron chi connectivity index (χ4n) is 2.24. The minimum absolute atomic E-state index is 0.112. The van der Waals surface area contributed by atoms with E-state index in [1.165, 1.54) is 24.1 Å². The van der Waals surface area contributed by atoms with E-state index in [1.54, 1.807) is 0 Å². The topological polar surface area (TPSA) is 40.5 Å². The van der Waals surface area contributed by atoms with Gasteiger partial charge >= 0.3 is 5.97 Å². The first-order valence-corrected chi connectivity index (χ1v) is 5.73. The number of carbonyl (C=O) groups is 1. The second-order valence-electron chi connectivity index (χ2n) is 4.39. The molecule has 0 saturated carbocycles. The third-order valence-corrected chi connectivity index (χ3v) is 3.08. The molecule has 2 rings (SSSR count). The predicted octanol–water partition coefficient (Wildman–Crippen LogP) is 2.22. The molecule has 3 heteroatoms. The fourth-order valence-corrected chi connectivity index (χ4v) is 2.24. The van der Waals surface area contributed by atoms with Crippen molar-refractivity contribution < 1.29 is 9.90 Å². The zero-order valence-corrected chi connectivity index (χ0v) is 9.57. The number of nitrogens with zero attached hydrogens (tertiary/aromatic N) is 1. The van der Waals surface area contributed by atoms with Crippen LogP contribution in [0.4, 0.5) is 5.69 Å². The molecule has 0 aliphatic carbocycles. The fraction of sp³-hybridized carbons (Fsp3) is 0.462. The van der Waals surface area contributed by atoms with Gasteiger partial charge < -0.3 is 10.0 Å². The van der Waals surface area contributed by atoms with Gasteiger partial charge in [0.15, 0.2) is 0 Å². The number of benzene rings is 1. The van der Waals surface area contributed by atoms with E-state index in [2.05, 4.69) is 11.8 Å². The summed E-state index contributed by atoms with van der Waals surface area (Å²) in [7, 11) is 0. The molecule has 1 aromatic carbocycles. The van der Waals surface area contributed by atoms with Gasteiger partial charge in [0.1, 0.15) is 0 Å². The van der Waals surface area contributed by atoms with Crippen molar-refractivity contribution in [1.82, 2.24) is 0 Å². The molecule has 16 heavy (non-hydrogen) atoms. The maximum atomic E-state index is 10.7. The van der Waals surface area contributed by atoms with Crippen LogP contribution in [0.5, 0.6) is 0 Å². The Morgan fingerprint density at radius 2 is 2.06 bits per heavy atom. The summed E-state index contributed by atoms with van der Waals surface area (Å²) in [6.07, 6.45) is 2.59. The van der Waals surface area contributed by atoms with Crippen molar-refractivity contribution in [3.8, 4) is 0 Å². The molecule has 1 N–H and O–H groups in total. The van der Waals surface area contributed by atoms with Crippen molar-refractivity contribution >= 4 is 11.7 Å². The summed E-state index contributed by atoms with van der Waals surface area (Å²) in [5.74, 6) is -0.767. The number of aliphatic carboxylic acids is 1. The second-order valence-corrected chi connectivity index (χ2v) is 4.39. The van der Waals surface area contributed by atoms with Gasteiger partial charge in [-0.1, -0.05) is 12.1 Å². The van der Waals surface area contributed by atoms with E-state index in [0.29, 0.717) is 0 Å². The van der Waals surface area contributed by atoms with E-state index in [4.69, 9.17) is 5.11 Å². The molecule has 0 unspecified atom stereocenters. The number of anilines is 1. The van der Waals surface area contributed by atoms with Crippen molar-refractivity contribution in [2.24, 2.45) is 0 Å². The summed E-state index contributed by atoms with van der Waals surface area (Å²) in [5, 5.41) is 8.78. The van der Waals surface area contributed by atoms with Crippen molar-refractivity contribution in [3.05, 3.63) is 29.3 Å². The summed E-state index contributed by atoms with van der Waals surface area (Å²) < 4.78 is 0. The van der Waals surface area contributed by atoms with Gasteiger partial charge in [-0.2, -0.15) is 0 Å². The van der Waals surface area contributed by atoms with Crippen molar-refractivity contribution in [2.75, 3.05) is 18.0 Å². The first-order chi connectivity index (χ1) is 7.66. The third kappa shape index (κ3) is 2.35. The predicted molar refractivity (Wildman–Crippen MR) is 64.0 cm³/mol. The van der Waals surface area contributed by atoms with Crippen molar-refractivity contribution in [1.29, 1.82) is 0 Å². The molecule has 3 nitrogen and oxygen atoms in total. The van der Waals surface area contributed by atoms with Crippen LogP contribution >= 0.6 is 0 Å². The van der Waals surface area contributed by atoms with Gasteiger partial charge in [-0.05, 0) is 37.0 Å². The zero-order valence-electron chi connectivity index (χ0n) is 9.57. The number of aryl methyl sites for hydroxylation is 1. The zero-order chi connectivity index (χ0) is 11.5. The standard InChI is InChI=1S/C13H17NO2/c1-10-4-5-11(9-13(15)16)8-12(10)14-6-2-3-7-14/h4-5,8H,2-3,6-7,9H2,1H3,(H,15,16). The Labute approximate surface area is 95.7 Å². The van der Waals surface area contributed by atoms with E-state index in [9.17, 15) is 4.79 Å². The quantitative estimate of drug-likeness (QED) is 0.847. The first-order valence-electron chi connectivity index (χ1n) is 5.73. The Kier molecular flexibility index (Phi) is 3.13. The highest BCUT2D eigenvalue weighted by molar-refractivity contribution is 5.71. The summed E-state index contributed by atoms with van der Waals surface area (Å²) in [4.78, 5) is 13.0. The molecule has 1 heterocycles. The van der Waals surface area contributed by atoms with Gasteiger partial charge in [-0.3, -0.25) is 4.79 Å². The molecular formula is C13H17NO2. The van der Waals surface area contributed by atoms with Gasteiger partial charge in [0, 0.05) is 18.8 Å². The van der Waals surface area contributed by atoms with E-state index >= 15 is 0 Å². The molecule has 0 spiro atoms. The van der Waals surface area contributed by atoms with Crippen molar-refractivity contribution in [2.45, 2.75) is 26.2 Å². The summed E-state index contributed by atoms with van der Waals surface area (Å²) >= 11 is 0. The second kappa shape index (κ2) is 4.56. The van der Waals surface area contributed by atoms with E-state index in [1.807, 2.05) is 18.2 Å². The van der Waals surface area contributed by atoms with Crippen LogP contribution in [-0.4, -0.2) is 24.2 Å². The Hall–Kier alpha value is -1.51. The van der Waals surface area contributed by atoms with Crippen molar-refractivity contribution in [3.63, 3.8) is 0 Å². The molecule has 0 atom stereocenters. The normalized spacial score (nSPS) is 15.4. The van der Waals surface area contributed by atoms with Crippen LogP contribution < -0.4 is 4.90 Å². The van der Waals surface area contributed by atoms with E-state index in [0.717, 1.165) is 18.7 Å². The molecule has 1 fully saturated rings. The molecule has 1 saturated heterocycles. The van der Waals surface area contributed by atoms with Crippen LogP contribution in [0, 0.1) is 6.92 Å². The van der Waals surface area contributed by atoms with Crippen LogP contribution in [0.15, 0.2) is 18.2 Å². The average Bonchev–Trinajstić information content (AvgIpc) is 2.73. The highest BCUT2D eigenvalue weighted by Crippen LogP contribution is 2.25. The molecule has 0 aromatic heterocycles. The Morgan fingerprint density at radius 1 is 1.38 bits per heavy atom. The lowest BCUT2D eigenvalue weighted by atomic mass is 10.1. The molecular weight excluding hydrogens is 202 g/mol. The molecule has 1 aliphatic heterocycles. The van der Waals surface area contributed by atoms with Crippen LogP contribution in [0.25, 0.3) is 0 Å². The minimum Gasteiger partial charge on any atom is -0.481 e. The first kappa shape index (κ1) is 11.0. The molecule has 1 aromatic rings. The van der Waals surface area contributed by atoms with Crippen LogP contribution in [0.2, 0.25) is 0 Å². The lowest BCUT2D eigenvalue weighted by molar-refractivity contribution is -0.136. The summed E-state index contributed by atoms with van der Waals surface area (Å²) in [6, 6.07) is 5.95. The van der Waals surface area contributed by atoms with Gasteiger partial charge in [0.05, 0.1) is 6.42 Å².